The minimum Gasteiger partial charge on any atom is -0.336 e. The highest BCUT2D eigenvalue weighted by atomic mass is 35.5. The Morgan fingerprint density at radius 3 is 2.62 bits per heavy atom. The molecule has 1 saturated heterocycles. The lowest BCUT2D eigenvalue weighted by Crippen LogP contribution is -2.52. The van der Waals surface area contributed by atoms with Crippen LogP contribution in [0.4, 0.5) is 10.5 Å². The minimum absolute atomic E-state index is 0.0407. The summed E-state index contributed by atoms with van der Waals surface area (Å²) in [7, 11) is 0. The van der Waals surface area contributed by atoms with Gasteiger partial charge in [-0.1, -0.05) is 53.6 Å². The highest BCUT2D eigenvalue weighted by molar-refractivity contribution is 6.30. The predicted octanol–water partition coefficient (Wildman–Crippen LogP) is 3.77. The molecule has 2 aromatic carbocycles. The van der Waals surface area contributed by atoms with Crippen molar-refractivity contribution in [3.8, 4) is 0 Å². The number of carbonyl (C=O) groups excluding carboxylic acids is 1. The summed E-state index contributed by atoms with van der Waals surface area (Å²) in [4.78, 5) is 14.4. The number of anilines is 1. The zero-order valence-electron chi connectivity index (χ0n) is 14.5. The van der Waals surface area contributed by atoms with Gasteiger partial charge in [0.1, 0.15) is 0 Å². The van der Waals surface area contributed by atoms with Gasteiger partial charge in [0.2, 0.25) is 0 Å². The molecule has 0 bridgehead atoms. The maximum Gasteiger partial charge on any atom is 0.322 e. The maximum absolute atomic E-state index is 12.5. The number of nitrogens with zero attached hydrogens (tertiary/aromatic N) is 1. The van der Waals surface area contributed by atoms with Crippen molar-refractivity contribution < 1.29 is 4.79 Å². The van der Waals surface area contributed by atoms with Crippen molar-refractivity contribution in [3.63, 3.8) is 0 Å². The third-order valence-electron chi connectivity index (χ3n) is 5.07. The normalized spacial score (nSPS) is 22.9. The van der Waals surface area contributed by atoms with E-state index in [0.717, 1.165) is 25.1 Å². The molecule has 1 fully saturated rings. The molecule has 2 atom stereocenters. The van der Waals surface area contributed by atoms with Crippen LogP contribution in [0.15, 0.2) is 66.2 Å². The average Bonchev–Trinajstić information content (AvgIpc) is 3.05. The van der Waals surface area contributed by atoms with E-state index in [9.17, 15) is 4.79 Å². The van der Waals surface area contributed by atoms with Gasteiger partial charge in [-0.2, -0.15) is 0 Å². The maximum atomic E-state index is 12.5. The first-order chi connectivity index (χ1) is 12.7. The van der Waals surface area contributed by atoms with Gasteiger partial charge in [-0.15, -0.1) is 0 Å². The van der Waals surface area contributed by atoms with E-state index in [0.29, 0.717) is 11.6 Å². The molecule has 0 aliphatic carbocycles. The van der Waals surface area contributed by atoms with Crippen molar-refractivity contribution in [3.05, 3.63) is 76.8 Å². The second-order valence-corrected chi connectivity index (χ2v) is 7.20. The average molecular weight is 368 g/mol. The first-order valence-corrected chi connectivity index (χ1v) is 9.39. The lowest BCUT2D eigenvalue weighted by molar-refractivity contribution is 0.251. The zero-order valence-corrected chi connectivity index (χ0v) is 15.2. The van der Waals surface area contributed by atoms with Gasteiger partial charge < -0.3 is 10.6 Å². The SMILES string of the molecule is O=C1NCC(C2NCCC=C2Cc2ccccc2)N1c1ccc(Cl)cc1. The number of hydrogen-bond acceptors (Lipinski definition) is 2. The highest BCUT2D eigenvalue weighted by Gasteiger charge is 2.39. The van der Waals surface area contributed by atoms with Crippen LogP contribution in [0.25, 0.3) is 0 Å². The first kappa shape index (κ1) is 17.1. The Labute approximate surface area is 158 Å². The Morgan fingerprint density at radius 2 is 1.85 bits per heavy atom. The summed E-state index contributed by atoms with van der Waals surface area (Å²) < 4.78 is 0. The Bertz CT molecular complexity index is 804. The van der Waals surface area contributed by atoms with E-state index >= 15 is 0 Å². The fourth-order valence-corrected chi connectivity index (χ4v) is 3.97. The Hall–Kier alpha value is -2.30. The van der Waals surface area contributed by atoms with Gasteiger partial charge in [0, 0.05) is 17.3 Å². The molecule has 2 aromatic rings. The lowest BCUT2D eigenvalue weighted by atomic mass is 9.90. The summed E-state index contributed by atoms with van der Waals surface area (Å²) >= 11 is 6.01. The monoisotopic (exact) mass is 367 g/mol. The van der Waals surface area contributed by atoms with Crippen molar-refractivity contribution in [2.75, 3.05) is 18.0 Å². The molecule has 2 heterocycles. The van der Waals surface area contributed by atoms with Crippen LogP contribution >= 0.6 is 11.6 Å². The molecule has 26 heavy (non-hydrogen) atoms. The molecule has 0 saturated carbocycles. The van der Waals surface area contributed by atoms with Gasteiger partial charge in [0.05, 0.1) is 12.1 Å². The fourth-order valence-electron chi connectivity index (χ4n) is 3.85. The molecule has 2 amide bonds. The number of hydrogen-bond donors (Lipinski definition) is 2. The summed E-state index contributed by atoms with van der Waals surface area (Å²) in [6, 6.07) is 18.1. The highest BCUT2D eigenvalue weighted by Crippen LogP contribution is 2.28. The van der Waals surface area contributed by atoms with E-state index in [1.165, 1.54) is 11.1 Å². The van der Waals surface area contributed by atoms with Crippen LogP contribution in [-0.2, 0) is 6.42 Å². The smallest absolute Gasteiger partial charge is 0.322 e. The van der Waals surface area contributed by atoms with Gasteiger partial charge >= 0.3 is 6.03 Å². The van der Waals surface area contributed by atoms with Crippen LogP contribution in [0, 0.1) is 0 Å². The molecule has 2 aliphatic rings. The van der Waals surface area contributed by atoms with E-state index in [1.807, 2.05) is 35.2 Å². The second-order valence-electron chi connectivity index (χ2n) is 6.76. The van der Waals surface area contributed by atoms with Crippen molar-refractivity contribution in [2.24, 2.45) is 0 Å². The first-order valence-electron chi connectivity index (χ1n) is 9.01. The summed E-state index contributed by atoms with van der Waals surface area (Å²) in [6.07, 6.45) is 4.25. The summed E-state index contributed by atoms with van der Waals surface area (Å²) in [5.41, 5.74) is 3.52. The van der Waals surface area contributed by atoms with Crippen LogP contribution < -0.4 is 15.5 Å². The molecule has 2 unspecified atom stereocenters. The topological polar surface area (TPSA) is 44.4 Å². The predicted molar refractivity (Wildman–Crippen MR) is 106 cm³/mol. The molecule has 0 spiro atoms. The molecule has 0 radical (unpaired) electrons. The quantitative estimate of drug-likeness (QED) is 0.808. The number of rotatable bonds is 4. The Balaban J connectivity index is 1.61. The van der Waals surface area contributed by atoms with Gasteiger partial charge in [0.15, 0.2) is 0 Å². The largest absolute Gasteiger partial charge is 0.336 e. The Morgan fingerprint density at radius 1 is 1.08 bits per heavy atom. The molecule has 4 nitrogen and oxygen atoms in total. The van der Waals surface area contributed by atoms with Crippen molar-refractivity contribution in [1.29, 1.82) is 0 Å². The van der Waals surface area contributed by atoms with E-state index < -0.39 is 0 Å². The third kappa shape index (κ3) is 3.48. The van der Waals surface area contributed by atoms with Crippen molar-refractivity contribution in [2.45, 2.75) is 24.9 Å². The number of nitrogens with one attached hydrogen (secondary N) is 2. The van der Waals surface area contributed by atoms with Gasteiger partial charge in [0.25, 0.3) is 0 Å². The minimum atomic E-state index is -0.0521. The molecular weight excluding hydrogens is 346 g/mol. The summed E-state index contributed by atoms with van der Waals surface area (Å²) in [5, 5.41) is 7.31. The Kier molecular flexibility index (Phi) is 4.96. The second kappa shape index (κ2) is 7.52. The molecule has 134 valence electrons. The summed E-state index contributed by atoms with van der Waals surface area (Å²) in [6.45, 7) is 1.56. The molecular formula is C21H22ClN3O. The molecule has 0 aromatic heterocycles. The lowest BCUT2D eigenvalue weighted by Gasteiger charge is -2.35. The van der Waals surface area contributed by atoms with Crippen molar-refractivity contribution >= 4 is 23.3 Å². The van der Waals surface area contributed by atoms with E-state index in [1.54, 1.807) is 0 Å². The number of halogens is 1. The van der Waals surface area contributed by atoms with Crippen LogP contribution in [-0.4, -0.2) is 31.2 Å². The number of carbonyl (C=O) groups is 1. The number of benzene rings is 2. The van der Waals surface area contributed by atoms with Crippen molar-refractivity contribution in [1.82, 2.24) is 10.6 Å². The van der Waals surface area contributed by atoms with Crippen LogP contribution in [0.2, 0.25) is 5.02 Å². The van der Waals surface area contributed by atoms with E-state index in [-0.39, 0.29) is 18.1 Å². The van der Waals surface area contributed by atoms with Crippen LogP contribution in [0.1, 0.15) is 12.0 Å². The van der Waals surface area contributed by atoms with Crippen LogP contribution in [0.3, 0.4) is 0 Å². The van der Waals surface area contributed by atoms with E-state index in [2.05, 4.69) is 41.0 Å². The van der Waals surface area contributed by atoms with Crippen LogP contribution in [0.5, 0.6) is 0 Å². The standard InChI is InChI=1S/C21H22ClN3O/c22-17-8-10-18(11-9-17)25-19(14-24-21(25)26)20-16(7-4-12-23-20)13-15-5-2-1-3-6-15/h1-3,5-11,19-20,23H,4,12-14H2,(H,24,26). The summed E-state index contributed by atoms with van der Waals surface area (Å²) in [5.74, 6) is 0. The third-order valence-corrected chi connectivity index (χ3v) is 5.32. The fraction of sp³-hybridized carbons (Fsp3) is 0.286. The van der Waals surface area contributed by atoms with Gasteiger partial charge in [-0.05, 0) is 49.2 Å². The zero-order chi connectivity index (χ0) is 17.9. The van der Waals surface area contributed by atoms with E-state index in [4.69, 9.17) is 11.6 Å². The molecule has 5 heteroatoms. The van der Waals surface area contributed by atoms with Gasteiger partial charge in [-0.3, -0.25) is 4.90 Å². The molecule has 2 aliphatic heterocycles. The molecule has 2 N–H and O–H groups in total. The number of urea groups is 1. The molecule has 4 rings (SSSR count). The number of amides is 2. The van der Waals surface area contributed by atoms with Gasteiger partial charge in [-0.25, -0.2) is 4.79 Å².